The number of para-hydroxylation sites is 1. The van der Waals surface area contributed by atoms with Gasteiger partial charge in [-0.2, -0.15) is 0 Å². The summed E-state index contributed by atoms with van der Waals surface area (Å²) in [6.45, 7) is 0. The number of hydrogen-bond acceptors (Lipinski definition) is 1. The summed E-state index contributed by atoms with van der Waals surface area (Å²) in [4.78, 5) is 0. The van der Waals surface area contributed by atoms with Crippen LogP contribution in [0, 0.1) is 0 Å². The van der Waals surface area contributed by atoms with Crippen LogP contribution in [0.2, 0.25) is 0 Å². The molecule has 12 heavy (non-hydrogen) atoms. The van der Waals surface area contributed by atoms with Gasteiger partial charge >= 0.3 is 29.6 Å². The Morgan fingerprint density at radius 2 is 1.08 bits per heavy atom. The van der Waals surface area contributed by atoms with Crippen LogP contribution in [0.4, 0.5) is 0 Å². The Morgan fingerprint density at radius 3 is 1.25 bits per heavy atom. The number of phenols is 1. The molecule has 0 radical (unpaired) electrons. The predicted octanol–water partition coefficient (Wildman–Crippen LogP) is -2.56. The van der Waals surface area contributed by atoms with Gasteiger partial charge in [0.2, 0.25) is 0 Å². The van der Waals surface area contributed by atoms with E-state index in [1.165, 1.54) is 0 Å². The van der Waals surface area contributed by atoms with Crippen LogP contribution in [0.3, 0.4) is 0 Å². The molecule has 0 fully saturated rings. The van der Waals surface area contributed by atoms with Crippen LogP contribution >= 0.6 is 0 Å². The van der Waals surface area contributed by atoms with Crippen LogP contribution in [0.25, 0.3) is 0 Å². The van der Waals surface area contributed by atoms with Crippen molar-refractivity contribution in [3.8, 4) is 5.75 Å². The van der Waals surface area contributed by atoms with E-state index in [0.29, 0.717) is 5.75 Å². The van der Waals surface area contributed by atoms with Crippen molar-refractivity contribution in [2.45, 2.75) is 0 Å². The molecule has 6 heteroatoms. The molecule has 0 saturated carbocycles. The maximum absolute atomic E-state index is 8.63. The van der Waals surface area contributed by atoms with Crippen molar-refractivity contribution in [2.75, 3.05) is 0 Å². The molecule has 0 aliphatic heterocycles. The first-order chi connectivity index (χ1) is 3.39. The molecule has 5 nitrogen and oxygen atoms in total. The van der Waals surface area contributed by atoms with Gasteiger partial charge in [-0.05, 0) is 12.1 Å². The molecular formula is C6H15NaO5. The average molecular weight is 190 g/mol. The zero-order valence-electron chi connectivity index (χ0n) is 5.83. The fraction of sp³-hybridized carbons (Fsp3) is 0. The van der Waals surface area contributed by atoms with Crippen LogP contribution in [0.15, 0.2) is 30.3 Å². The second-order valence-corrected chi connectivity index (χ2v) is 1.34. The Kier molecular flexibility index (Phi) is 42.3. The van der Waals surface area contributed by atoms with Gasteiger partial charge in [0.1, 0.15) is 5.75 Å². The van der Waals surface area contributed by atoms with Crippen LogP contribution < -0.4 is 0 Å². The first-order valence-electron chi connectivity index (χ1n) is 2.13. The normalized spacial score (nSPS) is 5.00. The summed E-state index contributed by atoms with van der Waals surface area (Å²) in [6.07, 6.45) is 0. The SMILES string of the molecule is O.O.O.O.Oc1ccccc1.[NaH]. The van der Waals surface area contributed by atoms with Gasteiger partial charge < -0.3 is 27.0 Å². The summed E-state index contributed by atoms with van der Waals surface area (Å²) in [5.41, 5.74) is 0. The van der Waals surface area contributed by atoms with Crippen LogP contribution in [0.5, 0.6) is 5.75 Å². The summed E-state index contributed by atoms with van der Waals surface area (Å²) >= 11 is 0. The fourth-order valence-electron chi connectivity index (χ4n) is 0.428. The summed E-state index contributed by atoms with van der Waals surface area (Å²) in [6, 6.07) is 8.71. The second kappa shape index (κ2) is 17.1. The second-order valence-electron chi connectivity index (χ2n) is 1.34. The number of aromatic hydroxyl groups is 1. The monoisotopic (exact) mass is 190 g/mol. The van der Waals surface area contributed by atoms with E-state index in [9.17, 15) is 0 Å². The maximum atomic E-state index is 8.63. The predicted molar refractivity (Wildman–Crippen MR) is 49.7 cm³/mol. The van der Waals surface area contributed by atoms with Gasteiger partial charge in [-0.25, -0.2) is 0 Å². The molecular weight excluding hydrogens is 175 g/mol. The molecule has 1 aromatic carbocycles. The third-order valence-electron chi connectivity index (χ3n) is 0.756. The van der Waals surface area contributed by atoms with E-state index in [0.717, 1.165) is 0 Å². The summed E-state index contributed by atoms with van der Waals surface area (Å²) < 4.78 is 0. The minimum atomic E-state index is 0. The molecule has 9 N–H and O–H groups in total. The van der Waals surface area contributed by atoms with E-state index in [1.54, 1.807) is 24.3 Å². The van der Waals surface area contributed by atoms with Gasteiger partial charge in [0.15, 0.2) is 0 Å². The molecule has 0 bridgehead atoms. The quantitative estimate of drug-likeness (QED) is 0.440. The molecule has 1 rings (SSSR count). The van der Waals surface area contributed by atoms with Crippen LogP contribution in [-0.2, 0) is 0 Å². The number of benzene rings is 1. The average Bonchev–Trinajstić information content (AvgIpc) is 1.69. The van der Waals surface area contributed by atoms with Crippen molar-refractivity contribution < 1.29 is 27.0 Å². The van der Waals surface area contributed by atoms with Crippen LogP contribution in [0.1, 0.15) is 0 Å². The van der Waals surface area contributed by atoms with Gasteiger partial charge in [-0.3, -0.25) is 0 Å². The molecule has 0 amide bonds. The van der Waals surface area contributed by atoms with Crippen molar-refractivity contribution in [3.05, 3.63) is 30.3 Å². The Morgan fingerprint density at radius 1 is 0.750 bits per heavy atom. The molecule has 0 heterocycles. The first kappa shape index (κ1) is 29.7. The molecule has 1 aromatic rings. The molecule has 0 aromatic heterocycles. The summed E-state index contributed by atoms with van der Waals surface area (Å²) in [5.74, 6) is 0.322. The zero-order valence-corrected chi connectivity index (χ0v) is 5.83. The van der Waals surface area contributed by atoms with E-state index >= 15 is 0 Å². The number of phenolic OH excluding ortho intramolecular Hbond substituents is 1. The van der Waals surface area contributed by atoms with Gasteiger partial charge in [0.05, 0.1) is 0 Å². The Labute approximate surface area is 92.6 Å². The molecule has 0 spiro atoms. The minimum absolute atomic E-state index is 0. The number of hydrogen-bond donors (Lipinski definition) is 1. The summed E-state index contributed by atoms with van der Waals surface area (Å²) in [7, 11) is 0. The molecule has 0 aliphatic rings. The zero-order chi connectivity index (χ0) is 5.11. The van der Waals surface area contributed by atoms with Crippen LogP contribution in [-0.4, -0.2) is 56.6 Å². The molecule has 0 saturated heterocycles. The standard InChI is InChI=1S/C6H6O.Na.4H2O.H/c7-6-4-2-1-3-5-6;;;;;;/h1-5,7H;;4*1H2;. The van der Waals surface area contributed by atoms with Gasteiger partial charge in [-0.1, -0.05) is 18.2 Å². The van der Waals surface area contributed by atoms with Crippen molar-refractivity contribution in [2.24, 2.45) is 0 Å². The molecule has 0 unspecified atom stereocenters. The van der Waals surface area contributed by atoms with Crippen molar-refractivity contribution in [3.63, 3.8) is 0 Å². The van der Waals surface area contributed by atoms with Gasteiger partial charge in [0, 0.05) is 0 Å². The third kappa shape index (κ3) is 12.5. The van der Waals surface area contributed by atoms with E-state index in [2.05, 4.69) is 0 Å². The van der Waals surface area contributed by atoms with Crippen molar-refractivity contribution >= 4 is 29.6 Å². The fourth-order valence-corrected chi connectivity index (χ4v) is 0.428. The van der Waals surface area contributed by atoms with E-state index < -0.39 is 0 Å². The van der Waals surface area contributed by atoms with E-state index in [-0.39, 0.29) is 51.5 Å². The Hall–Kier alpha value is -0.140. The third-order valence-corrected chi connectivity index (χ3v) is 0.756. The van der Waals surface area contributed by atoms with Gasteiger partial charge in [0.25, 0.3) is 0 Å². The molecule has 0 aliphatic carbocycles. The Balaban J connectivity index is -0.0000000327. The Bertz CT molecular complexity index is 146. The van der Waals surface area contributed by atoms with Crippen molar-refractivity contribution in [1.82, 2.24) is 0 Å². The first-order valence-corrected chi connectivity index (χ1v) is 2.13. The van der Waals surface area contributed by atoms with E-state index in [4.69, 9.17) is 5.11 Å². The summed E-state index contributed by atoms with van der Waals surface area (Å²) in [5, 5.41) is 8.63. The topological polar surface area (TPSA) is 146 Å². The van der Waals surface area contributed by atoms with E-state index in [1.807, 2.05) is 6.07 Å². The molecule has 70 valence electrons. The molecule has 0 atom stereocenters. The van der Waals surface area contributed by atoms with Crippen molar-refractivity contribution in [1.29, 1.82) is 0 Å². The number of rotatable bonds is 0. The van der Waals surface area contributed by atoms with Gasteiger partial charge in [-0.15, -0.1) is 0 Å².